The van der Waals surface area contributed by atoms with Gasteiger partial charge >= 0.3 is 49.7 Å². The second kappa shape index (κ2) is 33.8. The molecule has 2 N–H and O–H groups in total. The predicted molar refractivity (Wildman–Crippen MR) is 204 cm³/mol. The van der Waals surface area contributed by atoms with Gasteiger partial charge in [-0.2, -0.15) is 0 Å². The molecule has 0 radical (unpaired) electrons. The number of rotatable bonds is 32. The molecule has 2 aliphatic heterocycles. The molecule has 0 saturated heterocycles. The summed E-state index contributed by atoms with van der Waals surface area (Å²) >= 11 is 0. The standard InChI is InChI=1S/2C21H36O5.Ca/c2*1-2-3-4-5-6-7-8-9-10-11-12-13-14-15-17(23)19-20(24)18(16-22)26-21(19)25;/h2*18,22,24H,2-16H2,1H3;/q;;+2/p-2/t2*18-;/m00./s1. The van der Waals surface area contributed by atoms with Crippen LogP contribution in [0.1, 0.15) is 194 Å². The van der Waals surface area contributed by atoms with Crippen LogP contribution in [0.15, 0.2) is 22.7 Å². The first-order chi connectivity index (χ1) is 25.2. The van der Waals surface area contributed by atoms with Crippen LogP contribution in [0.3, 0.4) is 0 Å². The quantitative estimate of drug-likeness (QED) is 0.0322. The van der Waals surface area contributed by atoms with Crippen LogP contribution in [0.4, 0.5) is 0 Å². The molecule has 0 aromatic carbocycles. The van der Waals surface area contributed by atoms with Gasteiger partial charge in [0.15, 0.2) is 11.6 Å². The molecular weight excluding hydrogens is 705 g/mol. The zero-order valence-corrected chi connectivity index (χ0v) is 35.4. The molecule has 53 heavy (non-hydrogen) atoms. The van der Waals surface area contributed by atoms with Crippen molar-refractivity contribution in [3.63, 3.8) is 0 Å². The molecular formula is C42H70CaO10. The summed E-state index contributed by atoms with van der Waals surface area (Å²) in [5.74, 6) is -3.99. The van der Waals surface area contributed by atoms with Crippen molar-refractivity contribution in [3.8, 4) is 0 Å². The molecule has 2 heterocycles. The average molecular weight is 775 g/mol. The fourth-order valence-corrected chi connectivity index (χ4v) is 6.61. The second-order valence-corrected chi connectivity index (χ2v) is 14.5. The summed E-state index contributed by atoms with van der Waals surface area (Å²) in [6.07, 6.45) is 29.7. The number of esters is 2. The van der Waals surface area contributed by atoms with Crippen LogP contribution in [0.25, 0.3) is 0 Å². The molecule has 0 unspecified atom stereocenters. The summed E-state index contributed by atoms with van der Waals surface area (Å²) in [6, 6.07) is 0. The molecule has 11 heteroatoms. The Balaban J connectivity index is 0.00000100. The van der Waals surface area contributed by atoms with Crippen molar-refractivity contribution in [1.29, 1.82) is 0 Å². The topological polar surface area (TPSA) is 173 Å². The Morgan fingerprint density at radius 3 is 0.906 bits per heavy atom. The number of unbranched alkanes of at least 4 members (excludes halogenated alkanes) is 24. The van der Waals surface area contributed by atoms with E-state index in [0.717, 1.165) is 25.7 Å². The average Bonchev–Trinajstić information content (AvgIpc) is 3.60. The Kier molecular flexibility index (Phi) is 32.9. The molecule has 10 nitrogen and oxygen atoms in total. The van der Waals surface area contributed by atoms with E-state index in [1.165, 1.54) is 128 Å². The van der Waals surface area contributed by atoms with Gasteiger partial charge in [-0.1, -0.05) is 179 Å². The maximum atomic E-state index is 12.0. The monoisotopic (exact) mass is 774 g/mol. The van der Waals surface area contributed by atoms with Gasteiger partial charge in [0.05, 0.1) is 24.4 Å². The Morgan fingerprint density at radius 2 is 0.698 bits per heavy atom. The third-order valence-electron chi connectivity index (χ3n) is 9.89. The van der Waals surface area contributed by atoms with E-state index in [2.05, 4.69) is 23.3 Å². The van der Waals surface area contributed by atoms with Gasteiger partial charge in [0.1, 0.15) is 12.2 Å². The van der Waals surface area contributed by atoms with Gasteiger partial charge in [0.25, 0.3) is 0 Å². The molecule has 300 valence electrons. The number of hydrogen-bond donors (Lipinski definition) is 2. The van der Waals surface area contributed by atoms with Crippen LogP contribution in [-0.2, 0) is 28.7 Å². The number of carbonyl (C=O) groups is 4. The molecule has 0 saturated carbocycles. The number of cyclic esters (lactones) is 2. The maximum Gasteiger partial charge on any atom is 2.00 e. The Bertz CT molecular complexity index is 1000. The molecule has 0 aliphatic carbocycles. The molecule has 0 aromatic heterocycles. The van der Waals surface area contributed by atoms with E-state index in [1.807, 2.05) is 0 Å². The van der Waals surface area contributed by atoms with Gasteiger partial charge in [-0.3, -0.25) is 9.59 Å². The molecule has 2 rings (SSSR count). The first-order valence-corrected chi connectivity index (χ1v) is 20.8. The normalized spacial score (nSPS) is 16.7. The summed E-state index contributed by atoms with van der Waals surface area (Å²) in [6.45, 7) is 3.34. The molecule has 0 aromatic rings. The van der Waals surface area contributed by atoms with Crippen molar-refractivity contribution >= 4 is 61.2 Å². The largest absolute Gasteiger partial charge is 2.00 e. The van der Waals surface area contributed by atoms with Crippen molar-refractivity contribution in [2.75, 3.05) is 13.2 Å². The molecule has 2 aliphatic rings. The number of ether oxygens (including phenoxy) is 2. The zero-order valence-electron chi connectivity index (χ0n) is 33.2. The van der Waals surface area contributed by atoms with Crippen molar-refractivity contribution < 1.29 is 49.1 Å². The van der Waals surface area contributed by atoms with Crippen LogP contribution >= 0.6 is 0 Å². The fraction of sp³-hybridized carbons (Fsp3) is 0.810. The molecule has 2 atom stereocenters. The predicted octanol–water partition coefficient (Wildman–Crippen LogP) is 6.76. The number of aliphatic hydroxyl groups is 2. The van der Waals surface area contributed by atoms with Crippen LogP contribution in [0.5, 0.6) is 0 Å². The molecule has 0 bridgehead atoms. The van der Waals surface area contributed by atoms with Crippen molar-refractivity contribution in [2.24, 2.45) is 0 Å². The van der Waals surface area contributed by atoms with Gasteiger partial charge in [0.2, 0.25) is 0 Å². The maximum absolute atomic E-state index is 12.0. The van der Waals surface area contributed by atoms with Gasteiger partial charge in [0, 0.05) is 12.8 Å². The van der Waals surface area contributed by atoms with Crippen molar-refractivity contribution in [1.82, 2.24) is 0 Å². The van der Waals surface area contributed by atoms with E-state index >= 15 is 0 Å². The third kappa shape index (κ3) is 22.6. The van der Waals surface area contributed by atoms with Crippen molar-refractivity contribution in [3.05, 3.63) is 22.7 Å². The minimum Gasteiger partial charge on any atom is -0.872 e. The van der Waals surface area contributed by atoms with Gasteiger partial charge < -0.3 is 29.9 Å². The first-order valence-electron chi connectivity index (χ1n) is 20.8. The number of Topliss-reactive ketones (excluding diaryl/α,β-unsaturated/α-hetero) is 2. The summed E-state index contributed by atoms with van der Waals surface area (Å²) in [7, 11) is 0. The molecule has 0 spiro atoms. The minimum absolute atomic E-state index is 0. The smallest absolute Gasteiger partial charge is 0.872 e. The van der Waals surface area contributed by atoms with Gasteiger partial charge in [-0.15, -0.1) is 0 Å². The van der Waals surface area contributed by atoms with Crippen LogP contribution in [0, 0.1) is 0 Å². The summed E-state index contributed by atoms with van der Waals surface area (Å²) in [5.41, 5.74) is -0.772. The van der Waals surface area contributed by atoms with Gasteiger partial charge in [-0.05, 0) is 12.8 Å². The van der Waals surface area contributed by atoms with E-state index in [9.17, 15) is 29.4 Å². The first kappa shape index (κ1) is 51.5. The second-order valence-electron chi connectivity index (χ2n) is 14.5. The van der Waals surface area contributed by atoms with E-state index in [0.29, 0.717) is 12.8 Å². The van der Waals surface area contributed by atoms with Crippen LogP contribution in [-0.4, -0.2) is 96.9 Å². The zero-order chi connectivity index (χ0) is 38.4. The third-order valence-corrected chi connectivity index (χ3v) is 9.89. The fourth-order valence-electron chi connectivity index (χ4n) is 6.61. The molecule has 0 fully saturated rings. The Labute approximate surface area is 349 Å². The number of aliphatic hydroxyl groups excluding tert-OH is 2. The van der Waals surface area contributed by atoms with Gasteiger partial charge in [-0.25, -0.2) is 9.59 Å². The summed E-state index contributed by atoms with van der Waals surface area (Å²) < 4.78 is 9.36. The van der Waals surface area contributed by atoms with E-state index in [4.69, 9.17) is 10.2 Å². The Hall–Kier alpha value is -1.46. The summed E-state index contributed by atoms with van der Waals surface area (Å²) in [4.78, 5) is 47.0. The minimum atomic E-state index is -1.19. The number of ketones is 2. The summed E-state index contributed by atoms with van der Waals surface area (Å²) in [5, 5.41) is 41.4. The number of carbonyl (C=O) groups excluding carboxylic acids is 4. The van der Waals surface area contributed by atoms with Crippen molar-refractivity contribution in [2.45, 2.75) is 206 Å². The SMILES string of the molecule is CCCCCCCCCCCCCCCC(=O)C1=C([O-])[C@H](CO)OC1=O.CCCCCCCCCCCCCCCC(=O)C1=C([O-])[C@H](CO)OC1=O.[Ca+2]. The van der Waals surface area contributed by atoms with E-state index in [1.54, 1.807) is 0 Å². The number of hydrogen-bond acceptors (Lipinski definition) is 10. The molecule has 0 amide bonds. The Morgan fingerprint density at radius 1 is 0.472 bits per heavy atom. The van der Waals surface area contributed by atoms with E-state index in [-0.39, 0.29) is 61.7 Å². The van der Waals surface area contributed by atoms with E-state index < -0.39 is 60.4 Å². The van der Waals surface area contributed by atoms with Crippen LogP contribution in [0.2, 0.25) is 0 Å². The van der Waals surface area contributed by atoms with Crippen LogP contribution < -0.4 is 10.2 Å².